The van der Waals surface area contributed by atoms with Gasteiger partial charge in [0.25, 0.3) is 0 Å². The molecule has 1 unspecified atom stereocenters. The molecule has 33 heavy (non-hydrogen) atoms. The molecule has 1 fully saturated rings. The van der Waals surface area contributed by atoms with E-state index < -0.39 is 12.1 Å². The monoisotopic (exact) mass is 467 g/mol. The summed E-state index contributed by atoms with van der Waals surface area (Å²) in [7, 11) is 1.62. The lowest BCUT2D eigenvalue weighted by atomic mass is 10.2. The molecular weight excluding hydrogens is 442 g/mol. The average Bonchev–Trinajstić information content (AvgIpc) is 2.84. The summed E-state index contributed by atoms with van der Waals surface area (Å²) in [6, 6.07) is 14.6. The molecule has 2 aromatic carbocycles. The lowest BCUT2D eigenvalue weighted by Crippen LogP contribution is -2.51. The first kappa shape index (κ1) is 22.8. The molecule has 4 rings (SSSR count). The van der Waals surface area contributed by atoms with Gasteiger partial charge in [-0.1, -0.05) is 23.9 Å². The molecule has 2 heterocycles. The predicted molar refractivity (Wildman–Crippen MR) is 125 cm³/mol. The number of aromatic nitrogens is 2. The quantitative estimate of drug-likeness (QED) is 0.457. The van der Waals surface area contributed by atoms with Gasteiger partial charge >= 0.3 is 0 Å². The van der Waals surface area contributed by atoms with Crippen LogP contribution in [-0.4, -0.2) is 54.0 Å². The van der Waals surface area contributed by atoms with Crippen LogP contribution in [0.5, 0.6) is 11.6 Å². The Bertz CT molecular complexity index is 1110. The van der Waals surface area contributed by atoms with Crippen molar-refractivity contribution in [1.82, 2.24) is 15.3 Å². The van der Waals surface area contributed by atoms with Crippen LogP contribution in [0.25, 0.3) is 0 Å². The predicted octanol–water partition coefficient (Wildman–Crippen LogP) is 2.04. The van der Waals surface area contributed by atoms with Gasteiger partial charge in [-0.25, -0.2) is 4.98 Å². The molecule has 0 bridgehead atoms. The number of primary amides is 1. The third kappa shape index (κ3) is 5.92. The second-order valence-electron chi connectivity index (χ2n) is 7.39. The number of carbonyl (C=O) groups is 1. The maximum Gasteiger partial charge on any atom is 0.248 e. The summed E-state index contributed by atoms with van der Waals surface area (Å²) in [5.74, 6) is 1.20. The number of nitrogens with two attached hydrogens (primary N) is 1. The van der Waals surface area contributed by atoms with Crippen LogP contribution < -0.4 is 25.4 Å². The average molecular weight is 468 g/mol. The minimum Gasteiger partial charge on any atom is -0.497 e. The van der Waals surface area contributed by atoms with Crippen LogP contribution in [0.2, 0.25) is 0 Å². The summed E-state index contributed by atoms with van der Waals surface area (Å²) in [4.78, 5) is 24.0. The molecule has 1 saturated heterocycles. The molecule has 0 saturated carbocycles. The van der Waals surface area contributed by atoms with Gasteiger partial charge in [0.2, 0.25) is 17.7 Å². The van der Waals surface area contributed by atoms with Gasteiger partial charge in [0.05, 0.1) is 24.7 Å². The number of amides is 1. The Balaban J connectivity index is 1.58. The molecule has 1 aromatic heterocycles. The number of β-amino-alcohol motifs (C(OH)–C–C–N with tert-alkyl or cyclic N) is 1. The highest BCUT2D eigenvalue weighted by molar-refractivity contribution is 7.99. The highest BCUT2D eigenvalue weighted by Crippen LogP contribution is 2.35. The van der Waals surface area contributed by atoms with Gasteiger partial charge in [0, 0.05) is 23.5 Å². The van der Waals surface area contributed by atoms with Crippen molar-refractivity contribution in [3.63, 3.8) is 0 Å². The van der Waals surface area contributed by atoms with Gasteiger partial charge in [0.15, 0.2) is 0 Å². The van der Waals surface area contributed by atoms with Gasteiger partial charge in [-0.3, -0.25) is 10.1 Å². The molecule has 10 heteroatoms. The van der Waals surface area contributed by atoms with Crippen molar-refractivity contribution in [2.24, 2.45) is 5.73 Å². The van der Waals surface area contributed by atoms with Crippen molar-refractivity contribution in [1.29, 1.82) is 0 Å². The maximum absolute atomic E-state index is 11.3. The number of methoxy groups -OCH3 is 1. The summed E-state index contributed by atoms with van der Waals surface area (Å²) in [6.45, 7) is 1.99. The first-order chi connectivity index (χ1) is 16.0. The molecular formula is C23H25N5O4S. The number of aliphatic hydroxyl groups is 1. The number of aliphatic hydroxyl groups excluding tert-OH is 1. The molecule has 4 N–H and O–H groups in total. The molecule has 0 aliphatic carbocycles. The van der Waals surface area contributed by atoms with E-state index in [2.05, 4.69) is 15.3 Å². The molecule has 9 nitrogen and oxygen atoms in total. The molecule has 3 aromatic rings. The number of hydrogen-bond donors (Lipinski definition) is 3. The Labute approximate surface area is 195 Å². The lowest BCUT2D eigenvalue weighted by Gasteiger charge is -2.31. The van der Waals surface area contributed by atoms with Gasteiger partial charge in [-0.15, -0.1) is 0 Å². The highest BCUT2D eigenvalue weighted by Gasteiger charge is 2.21. The van der Waals surface area contributed by atoms with E-state index in [-0.39, 0.29) is 0 Å². The van der Waals surface area contributed by atoms with Crippen molar-refractivity contribution < 1.29 is 19.4 Å². The molecule has 172 valence electrons. The third-order valence-corrected chi connectivity index (χ3v) is 6.03. The minimum atomic E-state index is -0.638. The van der Waals surface area contributed by atoms with Crippen LogP contribution in [0.3, 0.4) is 0 Å². The fourth-order valence-electron chi connectivity index (χ4n) is 3.31. The fourth-order valence-corrected chi connectivity index (χ4v) is 4.14. The number of piperazine rings is 1. The summed E-state index contributed by atoms with van der Waals surface area (Å²) in [6.07, 6.45) is 1.07. The minimum absolute atomic E-state index is 0.298. The van der Waals surface area contributed by atoms with Crippen LogP contribution in [0, 0.1) is 0 Å². The molecule has 1 atom stereocenters. The topological polar surface area (TPSA) is 123 Å². The normalized spacial score (nSPS) is 15.8. The second-order valence-corrected chi connectivity index (χ2v) is 8.50. The Morgan fingerprint density at radius 1 is 1.30 bits per heavy atom. The Morgan fingerprint density at radius 3 is 2.85 bits per heavy atom. The molecule has 0 spiro atoms. The first-order valence-electron chi connectivity index (χ1n) is 10.4. The van der Waals surface area contributed by atoms with E-state index in [0.29, 0.717) is 43.6 Å². The number of carbonyl (C=O) groups excluding carboxylic acids is 1. The van der Waals surface area contributed by atoms with Crippen LogP contribution in [0.1, 0.15) is 15.9 Å². The van der Waals surface area contributed by atoms with E-state index in [1.165, 1.54) is 11.8 Å². The van der Waals surface area contributed by atoms with Crippen LogP contribution in [0.4, 0.5) is 5.95 Å². The fraction of sp³-hybridized carbons (Fsp3) is 0.261. The summed E-state index contributed by atoms with van der Waals surface area (Å²) < 4.78 is 11.4. The summed E-state index contributed by atoms with van der Waals surface area (Å²) in [5, 5.41) is 12.9. The van der Waals surface area contributed by atoms with Gasteiger partial charge in [-0.2, -0.15) is 4.98 Å². The van der Waals surface area contributed by atoms with Gasteiger partial charge in [0.1, 0.15) is 18.6 Å². The Kier molecular flexibility index (Phi) is 7.28. The third-order valence-electron chi connectivity index (χ3n) is 5.02. The number of nitrogens with zero attached hydrogens (tertiary/aromatic N) is 3. The lowest BCUT2D eigenvalue weighted by molar-refractivity contribution is 0.1000. The standard InChI is InChI=1S/C23H25N5O4S/c1-31-17-4-2-3-15(11-17)14-32-22-19(33-18-7-5-16(6-8-18)21(24)30)12-26-23(27-22)28-10-9-25-20(29)13-28/h2-8,11-12,20,25,29H,9-10,13-14H2,1H3,(H2,24,30). The van der Waals surface area contributed by atoms with Crippen molar-refractivity contribution in [3.05, 3.63) is 65.9 Å². The van der Waals surface area contributed by atoms with Crippen molar-refractivity contribution >= 4 is 23.6 Å². The zero-order valence-corrected chi connectivity index (χ0v) is 18.9. The largest absolute Gasteiger partial charge is 0.497 e. The van der Waals surface area contributed by atoms with E-state index in [1.54, 1.807) is 25.4 Å². The number of nitrogens with one attached hydrogen (secondary N) is 1. The van der Waals surface area contributed by atoms with Crippen molar-refractivity contribution in [2.45, 2.75) is 22.6 Å². The van der Waals surface area contributed by atoms with Crippen LogP contribution in [-0.2, 0) is 6.61 Å². The van der Waals surface area contributed by atoms with E-state index in [1.807, 2.05) is 41.3 Å². The maximum atomic E-state index is 11.3. The van der Waals surface area contributed by atoms with Gasteiger partial charge in [-0.05, 0) is 42.0 Å². The number of rotatable bonds is 8. The van der Waals surface area contributed by atoms with Crippen LogP contribution in [0.15, 0.2) is 64.5 Å². The van der Waals surface area contributed by atoms with E-state index in [0.717, 1.165) is 21.1 Å². The zero-order chi connectivity index (χ0) is 23.2. The number of hydrogen-bond acceptors (Lipinski definition) is 9. The second kappa shape index (κ2) is 10.5. The molecule has 0 radical (unpaired) electrons. The molecule has 1 aliphatic rings. The highest BCUT2D eigenvalue weighted by atomic mass is 32.2. The number of benzene rings is 2. The molecule has 1 amide bonds. The summed E-state index contributed by atoms with van der Waals surface area (Å²) >= 11 is 1.43. The SMILES string of the molecule is COc1cccc(COc2nc(N3CCNC(O)C3)ncc2Sc2ccc(C(N)=O)cc2)c1. The van der Waals surface area contributed by atoms with Crippen molar-refractivity contribution in [3.8, 4) is 11.6 Å². The first-order valence-corrected chi connectivity index (χ1v) is 11.2. The van der Waals surface area contributed by atoms with Gasteiger partial charge < -0.3 is 25.2 Å². The van der Waals surface area contributed by atoms with E-state index >= 15 is 0 Å². The van der Waals surface area contributed by atoms with Crippen LogP contribution >= 0.6 is 11.8 Å². The number of anilines is 1. The molecule has 1 aliphatic heterocycles. The Hall–Kier alpha value is -3.34. The van der Waals surface area contributed by atoms with E-state index in [4.69, 9.17) is 15.2 Å². The van der Waals surface area contributed by atoms with E-state index in [9.17, 15) is 9.90 Å². The van der Waals surface area contributed by atoms with Crippen molar-refractivity contribution in [2.75, 3.05) is 31.6 Å². The summed E-state index contributed by atoms with van der Waals surface area (Å²) in [5.41, 5.74) is 6.71. The smallest absolute Gasteiger partial charge is 0.248 e. The zero-order valence-electron chi connectivity index (χ0n) is 18.1. The Morgan fingerprint density at radius 2 is 2.12 bits per heavy atom. The number of ether oxygens (including phenoxy) is 2.